The highest BCUT2D eigenvalue weighted by atomic mass is 35.5. The monoisotopic (exact) mass is 219 g/mol. The maximum absolute atomic E-state index is 5.71. The Labute approximate surface area is 90.3 Å². The molecule has 0 saturated heterocycles. The third-order valence-electron chi connectivity index (χ3n) is 2.54. The van der Waals surface area contributed by atoms with Gasteiger partial charge in [-0.2, -0.15) is 11.8 Å². The number of hydrogen-bond donors (Lipinski definition) is 1. The van der Waals surface area contributed by atoms with Crippen molar-refractivity contribution in [2.45, 2.75) is 37.0 Å². The topological polar surface area (TPSA) is 12.0 Å². The van der Waals surface area contributed by atoms with E-state index >= 15 is 0 Å². The first-order valence-corrected chi connectivity index (χ1v) is 6.48. The highest BCUT2D eigenvalue weighted by Crippen LogP contribution is 2.26. The molecule has 0 spiro atoms. The summed E-state index contributed by atoms with van der Waals surface area (Å²) in [6.45, 7) is 4.43. The molecule has 0 amide bonds. The minimum absolute atomic E-state index is 0.654. The van der Waals surface area contributed by atoms with Gasteiger partial charge in [0.2, 0.25) is 0 Å². The lowest BCUT2D eigenvalue weighted by Gasteiger charge is -2.28. The Balaban J connectivity index is 2.21. The summed E-state index contributed by atoms with van der Waals surface area (Å²) in [6, 6.07) is 0.654. The molecule has 0 heterocycles. The maximum atomic E-state index is 5.71. The van der Waals surface area contributed by atoms with E-state index in [0.717, 1.165) is 11.8 Å². The molecule has 2 atom stereocenters. The summed E-state index contributed by atoms with van der Waals surface area (Å²) < 4.78 is 0. The summed E-state index contributed by atoms with van der Waals surface area (Å²) in [6.07, 6.45) is 7.50. The molecular weight excluding hydrogens is 202 g/mol. The molecule has 0 aromatic rings. The van der Waals surface area contributed by atoms with Crippen molar-refractivity contribution < 1.29 is 0 Å². The molecular formula is C10H18ClNS. The first kappa shape index (κ1) is 11.4. The third-order valence-corrected chi connectivity index (χ3v) is 3.77. The average molecular weight is 220 g/mol. The molecule has 0 aromatic carbocycles. The number of thioether (sulfide) groups is 1. The molecule has 1 rings (SSSR count). The number of rotatable bonds is 4. The molecule has 3 heteroatoms. The van der Waals surface area contributed by atoms with Crippen molar-refractivity contribution in [3.63, 3.8) is 0 Å². The Morgan fingerprint density at radius 2 is 2.38 bits per heavy atom. The van der Waals surface area contributed by atoms with E-state index < -0.39 is 0 Å². The molecule has 1 saturated carbocycles. The zero-order valence-corrected chi connectivity index (χ0v) is 9.76. The van der Waals surface area contributed by atoms with Gasteiger partial charge in [-0.3, -0.25) is 0 Å². The van der Waals surface area contributed by atoms with Gasteiger partial charge in [0.05, 0.1) is 0 Å². The predicted octanol–water partition coefficient (Wildman–Crippen LogP) is 3.00. The van der Waals surface area contributed by atoms with Gasteiger partial charge in [0.1, 0.15) is 0 Å². The van der Waals surface area contributed by atoms with Crippen LogP contribution < -0.4 is 5.32 Å². The van der Waals surface area contributed by atoms with Crippen molar-refractivity contribution in [1.82, 2.24) is 5.32 Å². The third kappa shape index (κ3) is 4.39. The van der Waals surface area contributed by atoms with Gasteiger partial charge in [0.25, 0.3) is 0 Å². The van der Waals surface area contributed by atoms with E-state index in [4.69, 9.17) is 11.6 Å². The maximum Gasteiger partial charge on any atom is 0.0310 e. The van der Waals surface area contributed by atoms with Gasteiger partial charge in [0, 0.05) is 22.9 Å². The van der Waals surface area contributed by atoms with Crippen molar-refractivity contribution in [2.75, 3.05) is 12.8 Å². The number of nitrogens with one attached hydrogen (secondary N) is 1. The highest BCUT2D eigenvalue weighted by Gasteiger charge is 2.20. The molecule has 1 nitrogen and oxygen atoms in total. The largest absolute Gasteiger partial charge is 0.309 e. The van der Waals surface area contributed by atoms with Gasteiger partial charge in [0.15, 0.2) is 0 Å². The summed E-state index contributed by atoms with van der Waals surface area (Å²) in [4.78, 5) is 0. The fraction of sp³-hybridized carbons (Fsp3) is 0.800. The van der Waals surface area contributed by atoms with E-state index in [1.54, 1.807) is 0 Å². The minimum atomic E-state index is 0.654. The van der Waals surface area contributed by atoms with Gasteiger partial charge < -0.3 is 5.32 Å². The van der Waals surface area contributed by atoms with Gasteiger partial charge >= 0.3 is 0 Å². The Bertz CT molecular complexity index is 172. The van der Waals surface area contributed by atoms with Crippen LogP contribution in [-0.4, -0.2) is 24.1 Å². The van der Waals surface area contributed by atoms with Gasteiger partial charge in [-0.25, -0.2) is 0 Å². The standard InChI is InChI=1S/C10H18ClNS/c1-8(11)7-12-9-4-3-5-10(6-9)13-2/h9-10,12H,1,3-7H2,2H3. The molecule has 0 radical (unpaired) electrons. The van der Waals surface area contributed by atoms with E-state index in [0.29, 0.717) is 11.1 Å². The summed E-state index contributed by atoms with van der Waals surface area (Å²) in [5.74, 6) is 0. The van der Waals surface area contributed by atoms with Crippen LogP contribution in [0.3, 0.4) is 0 Å². The van der Waals surface area contributed by atoms with Crippen molar-refractivity contribution in [1.29, 1.82) is 0 Å². The second-order valence-electron chi connectivity index (χ2n) is 3.62. The average Bonchev–Trinajstić information content (AvgIpc) is 2.15. The molecule has 0 aliphatic heterocycles. The van der Waals surface area contributed by atoms with Gasteiger partial charge in [-0.05, 0) is 25.5 Å². The molecule has 76 valence electrons. The lowest BCUT2D eigenvalue weighted by Crippen LogP contribution is -2.35. The van der Waals surface area contributed by atoms with E-state index in [1.807, 2.05) is 11.8 Å². The van der Waals surface area contributed by atoms with Crippen LogP contribution in [0.25, 0.3) is 0 Å². The first-order chi connectivity index (χ1) is 6.22. The fourth-order valence-electron chi connectivity index (χ4n) is 1.80. The van der Waals surface area contributed by atoms with Crippen LogP contribution in [0.15, 0.2) is 11.6 Å². The van der Waals surface area contributed by atoms with Crippen LogP contribution in [-0.2, 0) is 0 Å². The molecule has 2 unspecified atom stereocenters. The van der Waals surface area contributed by atoms with Crippen LogP contribution in [0.2, 0.25) is 0 Å². The Morgan fingerprint density at radius 1 is 1.62 bits per heavy atom. The summed E-state index contributed by atoms with van der Waals surface area (Å²) in [7, 11) is 0. The molecule has 1 N–H and O–H groups in total. The Hall–Kier alpha value is 0.340. The van der Waals surface area contributed by atoms with Crippen LogP contribution >= 0.6 is 23.4 Å². The van der Waals surface area contributed by atoms with Gasteiger partial charge in [-0.15, -0.1) is 0 Å². The zero-order valence-electron chi connectivity index (χ0n) is 8.18. The molecule has 0 bridgehead atoms. The van der Waals surface area contributed by atoms with E-state index in [1.165, 1.54) is 25.7 Å². The van der Waals surface area contributed by atoms with Crippen LogP contribution in [0.1, 0.15) is 25.7 Å². The SMILES string of the molecule is C=C(Cl)CNC1CCCC(SC)C1. The van der Waals surface area contributed by atoms with Crippen molar-refractivity contribution in [2.24, 2.45) is 0 Å². The zero-order chi connectivity index (χ0) is 9.68. The van der Waals surface area contributed by atoms with E-state index in [9.17, 15) is 0 Å². The lowest BCUT2D eigenvalue weighted by molar-refractivity contribution is 0.392. The second kappa shape index (κ2) is 5.94. The van der Waals surface area contributed by atoms with Crippen molar-refractivity contribution >= 4 is 23.4 Å². The normalized spacial score (nSPS) is 28.8. The van der Waals surface area contributed by atoms with Crippen molar-refractivity contribution in [3.05, 3.63) is 11.6 Å². The molecule has 0 aromatic heterocycles. The second-order valence-corrected chi connectivity index (χ2v) is 5.29. The summed E-state index contributed by atoms with van der Waals surface area (Å²) in [5, 5.41) is 5.00. The first-order valence-electron chi connectivity index (χ1n) is 4.82. The van der Waals surface area contributed by atoms with E-state index in [-0.39, 0.29) is 0 Å². The molecule has 1 aliphatic rings. The Morgan fingerprint density at radius 3 is 3.00 bits per heavy atom. The van der Waals surface area contributed by atoms with Gasteiger partial charge in [-0.1, -0.05) is 24.6 Å². The molecule has 13 heavy (non-hydrogen) atoms. The lowest BCUT2D eigenvalue weighted by atomic mass is 9.95. The van der Waals surface area contributed by atoms with Crippen molar-refractivity contribution in [3.8, 4) is 0 Å². The summed E-state index contributed by atoms with van der Waals surface area (Å²) >= 11 is 7.69. The number of halogens is 1. The summed E-state index contributed by atoms with van der Waals surface area (Å²) in [5.41, 5.74) is 0. The van der Waals surface area contributed by atoms with E-state index in [2.05, 4.69) is 18.2 Å². The smallest absolute Gasteiger partial charge is 0.0310 e. The quantitative estimate of drug-likeness (QED) is 0.780. The fourth-order valence-corrected chi connectivity index (χ4v) is 2.70. The molecule has 1 fully saturated rings. The van der Waals surface area contributed by atoms with Crippen LogP contribution in [0.5, 0.6) is 0 Å². The van der Waals surface area contributed by atoms with Crippen LogP contribution in [0.4, 0.5) is 0 Å². The number of hydrogen-bond acceptors (Lipinski definition) is 2. The predicted molar refractivity (Wildman–Crippen MR) is 62.6 cm³/mol. The van der Waals surface area contributed by atoms with Crippen LogP contribution in [0, 0.1) is 0 Å². The Kier molecular flexibility index (Phi) is 5.22. The molecule has 1 aliphatic carbocycles. The minimum Gasteiger partial charge on any atom is -0.309 e. The highest BCUT2D eigenvalue weighted by molar-refractivity contribution is 7.99.